The van der Waals surface area contributed by atoms with Crippen molar-refractivity contribution in [2.24, 2.45) is 5.10 Å². The highest BCUT2D eigenvalue weighted by molar-refractivity contribution is 6.04. The molecule has 1 aromatic carbocycles. The normalized spacial score (nSPS) is 12.5. The Morgan fingerprint density at radius 1 is 1.24 bits per heavy atom. The van der Waals surface area contributed by atoms with Gasteiger partial charge in [-0.05, 0) is 43.2 Å². The minimum absolute atomic E-state index is 0.332. The van der Waals surface area contributed by atoms with Crippen LogP contribution in [0, 0.1) is 6.92 Å². The van der Waals surface area contributed by atoms with Gasteiger partial charge in [0.2, 0.25) is 0 Å². The van der Waals surface area contributed by atoms with Gasteiger partial charge in [-0.1, -0.05) is 18.2 Å². The van der Waals surface area contributed by atoms with Crippen molar-refractivity contribution in [2.45, 2.75) is 13.8 Å². The van der Waals surface area contributed by atoms with E-state index in [9.17, 15) is 0 Å². The molecule has 0 saturated carbocycles. The van der Waals surface area contributed by atoms with Gasteiger partial charge in [0.05, 0.1) is 18.0 Å². The number of hydrogen-bond acceptors (Lipinski definition) is 6. The van der Waals surface area contributed by atoms with Crippen LogP contribution >= 0.6 is 0 Å². The minimum atomic E-state index is 0.332. The van der Waals surface area contributed by atoms with Crippen molar-refractivity contribution in [3.05, 3.63) is 53.5 Å². The van der Waals surface area contributed by atoms with Crippen LogP contribution in [0.4, 0.5) is 5.95 Å². The Balaban J connectivity index is 1.57. The third kappa shape index (κ3) is 2.99. The summed E-state index contributed by atoms with van der Waals surface area (Å²) >= 11 is 0. The molecule has 0 unspecified atom stereocenters. The average Bonchev–Trinajstić information content (AvgIpc) is 3.23. The summed E-state index contributed by atoms with van der Waals surface area (Å²) in [6.45, 7) is 3.97. The molecule has 2 N–H and O–H groups in total. The van der Waals surface area contributed by atoms with E-state index >= 15 is 0 Å². The SMILES string of the molecule is CC(/C=N\Nc1nnc2c(n1)[nH]c1c(C)cccc12)=C\c1ccco1. The van der Waals surface area contributed by atoms with E-state index in [1.165, 1.54) is 0 Å². The van der Waals surface area contributed by atoms with Gasteiger partial charge in [0.1, 0.15) is 11.3 Å². The third-order valence-electron chi connectivity index (χ3n) is 3.80. The summed E-state index contributed by atoms with van der Waals surface area (Å²) in [4.78, 5) is 7.72. The first-order valence-electron chi connectivity index (χ1n) is 7.83. The summed E-state index contributed by atoms with van der Waals surface area (Å²) in [6.07, 6.45) is 5.19. The largest absolute Gasteiger partial charge is 0.465 e. The van der Waals surface area contributed by atoms with Crippen LogP contribution in [0.1, 0.15) is 18.2 Å². The second kappa shape index (κ2) is 6.20. The standard InChI is InChI=1S/C18H16N6O/c1-11(9-13-6-4-8-25-13)10-19-23-18-21-17-16(22-24-18)14-7-3-5-12(2)15(14)20-17/h3-10H,1-2H3,(H2,20,21,23,24)/b11-9+,19-10-. The molecular formula is C18H16N6O. The number of rotatable bonds is 4. The molecule has 3 heterocycles. The molecule has 7 heteroatoms. The molecule has 0 aliphatic rings. The van der Waals surface area contributed by atoms with Crippen LogP contribution in [0.15, 0.2) is 51.7 Å². The summed E-state index contributed by atoms with van der Waals surface area (Å²) in [5.74, 6) is 1.11. The van der Waals surface area contributed by atoms with E-state index in [1.807, 2.05) is 50.3 Å². The minimum Gasteiger partial charge on any atom is -0.465 e. The number of anilines is 1. The fraction of sp³-hybridized carbons (Fsp3) is 0.111. The molecule has 0 radical (unpaired) electrons. The van der Waals surface area contributed by atoms with Crippen LogP contribution in [-0.4, -0.2) is 26.4 Å². The molecule has 0 fully saturated rings. The number of para-hydroxylation sites is 1. The highest BCUT2D eigenvalue weighted by atomic mass is 16.3. The number of allylic oxidation sites excluding steroid dienone is 1. The fourth-order valence-corrected chi connectivity index (χ4v) is 2.62. The van der Waals surface area contributed by atoms with Crippen LogP contribution in [-0.2, 0) is 0 Å². The van der Waals surface area contributed by atoms with Gasteiger partial charge in [-0.25, -0.2) is 5.43 Å². The van der Waals surface area contributed by atoms with Gasteiger partial charge in [-0.2, -0.15) is 10.1 Å². The first-order chi connectivity index (χ1) is 12.2. The van der Waals surface area contributed by atoms with Gasteiger partial charge in [0, 0.05) is 5.39 Å². The highest BCUT2D eigenvalue weighted by Crippen LogP contribution is 2.24. The van der Waals surface area contributed by atoms with Crippen LogP contribution in [0.2, 0.25) is 0 Å². The summed E-state index contributed by atoms with van der Waals surface area (Å²) in [5.41, 5.74) is 7.33. The predicted octanol–water partition coefficient (Wildman–Crippen LogP) is 3.91. The zero-order valence-electron chi connectivity index (χ0n) is 13.8. The number of aromatic nitrogens is 4. The lowest BCUT2D eigenvalue weighted by molar-refractivity contribution is 0.557. The smallest absolute Gasteiger partial charge is 0.265 e. The van der Waals surface area contributed by atoms with Gasteiger partial charge in [0.25, 0.3) is 5.95 Å². The number of furan rings is 1. The van der Waals surface area contributed by atoms with E-state index in [-0.39, 0.29) is 0 Å². The number of hydrogen-bond donors (Lipinski definition) is 2. The van der Waals surface area contributed by atoms with Crippen LogP contribution < -0.4 is 5.43 Å². The first-order valence-corrected chi connectivity index (χ1v) is 7.83. The lowest BCUT2D eigenvalue weighted by Gasteiger charge is -1.97. The van der Waals surface area contributed by atoms with Gasteiger partial charge >= 0.3 is 0 Å². The zero-order valence-corrected chi connectivity index (χ0v) is 13.8. The summed E-state index contributed by atoms with van der Waals surface area (Å²) < 4.78 is 5.26. The molecule has 25 heavy (non-hydrogen) atoms. The molecule has 0 aliphatic carbocycles. The van der Waals surface area contributed by atoms with Crippen molar-refractivity contribution in [1.29, 1.82) is 0 Å². The number of nitrogens with zero attached hydrogens (tertiary/aromatic N) is 4. The van der Waals surface area contributed by atoms with E-state index in [2.05, 4.69) is 30.7 Å². The Labute approximate surface area is 143 Å². The molecule has 4 aromatic rings. The van der Waals surface area contributed by atoms with Crippen molar-refractivity contribution in [1.82, 2.24) is 20.2 Å². The number of nitrogens with one attached hydrogen (secondary N) is 2. The number of hydrazone groups is 1. The van der Waals surface area contributed by atoms with E-state index in [0.717, 1.165) is 33.3 Å². The number of H-pyrrole nitrogens is 1. The maximum absolute atomic E-state index is 5.26. The fourth-order valence-electron chi connectivity index (χ4n) is 2.62. The first kappa shape index (κ1) is 15.1. The van der Waals surface area contributed by atoms with E-state index in [0.29, 0.717) is 11.6 Å². The molecule has 0 amide bonds. The van der Waals surface area contributed by atoms with E-state index in [1.54, 1.807) is 12.5 Å². The maximum Gasteiger partial charge on any atom is 0.265 e. The van der Waals surface area contributed by atoms with Gasteiger partial charge in [-0.15, -0.1) is 10.2 Å². The Bertz CT molecular complexity index is 1090. The molecule has 7 nitrogen and oxygen atoms in total. The van der Waals surface area contributed by atoms with Crippen LogP contribution in [0.25, 0.3) is 28.1 Å². The molecule has 0 aliphatic heterocycles. The molecule has 4 rings (SSSR count). The van der Waals surface area contributed by atoms with Crippen LogP contribution in [0.5, 0.6) is 0 Å². The number of benzene rings is 1. The van der Waals surface area contributed by atoms with E-state index in [4.69, 9.17) is 4.42 Å². The van der Waals surface area contributed by atoms with Crippen molar-refractivity contribution in [3.63, 3.8) is 0 Å². The topological polar surface area (TPSA) is 92.0 Å². The number of aromatic amines is 1. The van der Waals surface area contributed by atoms with Crippen molar-refractivity contribution in [2.75, 3.05) is 5.43 Å². The molecule has 3 aromatic heterocycles. The average molecular weight is 332 g/mol. The van der Waals surface area contributed by atoms with Crippen LogP contribution in [0.3, 0.4) is 0 Å². The Morgan fingerprint density at radius 2 is 2.16 bits per heavy atom. The second-order valence-electron chi connectivity index (χ2n) is 5.73. The Morgan fingerprint density at radius 3 is 3.00 bits per heavy atom. The highest BCUT2D eigenvalue weighted by Gasteiger charge is 2.09. The lowest BCUT2D eigenvalue weighted by atomic mass is 10.1. The van der Waals surface area contributed by atoms with Crippen molar-refractivity contribution < 1.29 is 4.42 Å². The maximum atomic E-state index is 5.26. The number of aryl methyl sites for hydroxylation is 1. The lowest BCUT2D eigenvalue weighted by Crippen LogP contribution is -1.98. The Kier molecular flexibility index (Phi) is 3.74. The quantitative estimate of drug-likeness (QED) is 0.437. The van der Waals surface area contributed by atoms with Crippen molar-refractivity contribution in [3.8, 4) is 0 Å². The summed E-state index contributed by atoms with van der Waals surface area (Å²) in [6, 6.07) is 9.76. The summed E-state index contributed by atoms with van der Waals surface area (Å²) in [5, 5.41) is 13.5. The monoisotopic (exact) mass is 332 g/mol. The molecule has 0 saturated heterocycles. The second-order valence-corrected chi connectivity index (χ2v) is 5.73. The molecule has 0 bridgehead atoms. The molecule has 0 atom stereocenters. The summed E-state index contributed by atoms with van der Waals surface area (Å²) in [7, 11) is 0. The molecule has 0 spiro atoms. The van der Waals surface area contributed by atoms with E-state index < -0.39 is 0 Å². The molecular weight excluding hydrogens is 316 g/mol. The Hall–Kier alpha value is -3.48. The van der Waals surface area contributed by atoms with Gasteiger partial charge in [-0.3, -0.25) is 0 Å². The molecule has 124 valence electrons. The van der Waals surface area contributed by atoms with Crippen molar-refractivity contribution >= 4 is 40.3 Å². The van der Waals surface area contributed by atoms with Gasteiger partial charge in [0.15, 0.2) is 5.65 Å². The van der Waals surface area contributed by atoms with Gasteiger partial charge < -0.3 is 9.40 Å². The zero-order chi connectivity index (χ0) is 17.2. The number of fused-ring (bicyclic) bond motifs is 3. The third-order valence-corrected chi connectivity index (χ3v) is 3.80. The predicted molar refractivity (Wildman–Crippen MR) is 98.4 cm³/mol.